The maximum absolute atomic E-state index is 13.3. The molecule has 0 aliphatic carbocycles. The molecular weight excluding hydrogens is 428 g/mol. The normalized spacial score (nSPS) is 10.5. The first kappa shape index (κ1) is 22.0. The summed E-state index contributed by atoms with van der Waals surface area (Å²) in [5.74, 6) is -3.83. The van der Waals surface area contributed by atoms with E-state index in [1.165, 1.54) is 0 Å². The van der Waals surface area contributed by atoms with Gasteiger partial charge in [0.05, 0.1) is 5.75 Å². The average molecular weight is 445 g/mol. The lowest BCUT2D eigenvalue weighted by Gasteiger charge is -2.09. The van der Waals surface area contributed by atoms with Crippen LogP contribution in [-0.4, -0.2) is 27.5 Å². The van der Waals surface area contributed by atoms with Gasteiger partial charge in [0.15, 0.2) is 22.6 Å². The van der Waals surface area contributed by atoms with Gasteiger partial charge in [-0.15, -0.1) is 0 Å². The molecule has 0 saturated heterocycles. The lowest BCUT2D eigenvalue weighted by Crippen LogP contribution is -2.23. The molecule has 8 nitrogen and oxygen atoms in total. The van der Waals surface area contributed by atoms with E-state index in [4.69, 9.17) is 5.73 Å². The molecule has 0 unspecified atom stereocenters. The van der Waals surface area contributed by atoms with E-state index in [9.17, 15) is 23.2 Å². The Balaban J connectivity index is 1.65. The van der Waals surface area contributed by atoms with Crippen LogP contribution >= 0.6 is 11.8 Å². The van der Waals surface area contributed by atoms with Crippen LogP contribution in [0, 0.1) is 18.6 Å². The number of carbonyl (C=O) groups excluding carboxylic acids is 2. The zero-order chi connectivity index (χ0) is 22.5. The van der Waals surface area contributed by atoms with Crippen molar-refractivity contribution < 1.29 is 18.4 Å². The van der Waals surface area contributed by atoms with E-state index in [2.05, 4.69) is 20.6 Å². The molecule has 3 rings (SSSR count). The highest BCUT2D eigenvalue weighted by Gasteiger charge is 2.16. The summed E-state index contributed by atoms with van der Waals surface area (Å²) in [6.07, 6.45) is 0. The summed E-state index contributed by atoms with van der Waals surface area (Å²) in [5.41, 5.74) is 6.08. The fourth-order valence-corrected chi connectivity index (χ4v) is 3.20. The lowest BCUT2D eigenvalue weighted by molar-refractivity contribution is -0.113. The topological polar surface area (TPSA) is 130 Å². The van der Waals surface area contributed by atoms with E-state index in [-0.39, 0.29) is 33.9 Å². The van der Waals surface area contributed by atoms with Gasteiger partial charge >= 0.3 is 0 Å². The first-order valence-electron chi connectivity index (χ1n) is 8.88. The number of hydrogen-bond acceptors (Lipinski definition) is 6. The number of anilines is 3. The van der Waals surface area contributed by atoms with Crippen molar-refractivity contribution in [3.63, 3.8) is 0 Å². The fourth-order valence-electron chi connectivity index (χ4n) is 2.54. The average Bonchev–Trinajstić information content (AvgIpc) is 2.71. The number of nitrogens with two attached hydrogens (primary N) is 1. The number of nitrogen functional groups attached to an aromatic ring is 1. The molecule has 3 aromatic rings. The van der Waals surface area contributed by atoms with Gasteiger partial charge in [0.1, 0.15) is 5.69 Å². The van der Waals surface area contributed by atoms with Gasteiger partial charge in [0.2, 0.25) is 5.91 Å². The number of halogens is 2. The number of H-pyrrole nitrogens is 1. The highest BCUT2D eigenvalue weighted by Crippen LogP contribution is 2.18. The number of thioether (sulfide) groups is 1. The molecule has 0 fully saturated rings. The van der Waals surface area contributed by atoms with Gasteiger partial charge in [-0.25, -0.2) is 13.8 Å². The summed E-state index contributed by atoms with van der Waals surface area (Å²) in [6, 6.07) is 9.81. The van der Waals surface area contributed by atoms with Crippen molar-refractivity contribution in [2.24, 2.45) is 0 Å². The zero-order valence-corrected chi connectivity index (χ0v) is 17.0. The first-order chi connectivity index (χ1) is 14.7. The Labute approximate surface area is 179 Å². The summed E-state index contributed by atoms with van der Waals surface area (Å²) < 4.78 is 26.3. The molecule has 160 valence electrons. The van der Waals surface area contributed by atoms with Crippen LogP contribution < -0.4 is 21.9 Å². The number of benzene rings is 2. The van der Waals surface area contributed by atoms with E-state index < -0.39 is 23.1 Å². The Hall–Kier alpha value is -3.73. The number of hydrogen-bond donors (Lipinski definition) is 4. The Morgan fingerprint density at radius 2 is 1.90 bits per heavy atom. The summed E-state index contributed by atoms with van der Waals surface area (Å²) >= 11 is 0.945. The second kappa shape index (κ2) is 9.39. The maximum atomic E-state index is 13.3. The summed E-state index contributed by atoms with van der Waals surface area (Å²) in [7, 11) is 0. The molecule has 31 heavy (non-hydrogen) atoms. The zero-order valence-electron chi connectivity index (χ0n) is 16.2. The van der Waals surface area contributed by atoms with Gasteiger partial charge in [-0.05, 0) is 42.8 Å². The number of aromatic nitrogens is 2. The third kappa shape index (κ3) is 5.66. The Morgan fingerprint density at radius 1 is 1.13 bits per heavy atom. The lowest BCUT2D eigenvalue weighted by atomic mass is 10.2. The Bertz CT molecular complexity index is 1220. The Morgan fingerprint density at radius 3 is 2.58 bits per heavy atom. The smallest absolute Gasteiger partial charge is 0.277 e. The molecule has 2 amide bonds. The van der Waals surface area contributed by atoms with Crippen molar-refractivity contribution in [3.8, 4) is 0 Å². The molecule has 5 N–H and O–H groups in total. The molecule has 0 atom stereocenters. The molecule has 0 radical (unpaired) electrons. The van der Waals surface area contributed by atoms with Crippen LogP contribution in [0.25, 0.3) is 0 Å². The first-order valence-corrected chi connectivity index (χ1v) is 9.87. The largest absolute Gasteiger partial charge is 0.382 e. The third-order valence-corrected chi connectivity index (χ3v) is 4.86. The SMILES string of the molecule is Cc1cccc(NC(=O)CSc2nc(N)c(NC(=O)c3ccc(F)c(F)c3)c(=O)[nH]2)c1. The summed E-state index contributed by atoms with van der Waals surface area (Å²) in [4.78, 5) is 42.9. The molecule has 11 heteroatoms. The predicted octanol–water partition coefficient (Wildman–Crippen LogP) is 2.92. The van der Waals surface area contributed by atoms with Crippen molar-refractivity contribution in [1.29, 1.82) is 0 Å². The van der Waals surface area contributed by atoms with Crippen LogP contribution in [0.1, 0.15) is 15.9 Å². The molecular formula is C20H17F2N5O3S. The second-order valence-electron chi connectivity index (χ2n) is 6.42. The van der Waals surface area contributed by atoms with Crippen LogP contribution in [0.5, 0.6) is 0 Å². The number of nitrogens with zero attached hydrogens (tertiary/aromatic N) is 1. The van der Waals surface area contributed by atoms with Gasteiger partial charge in [0, 0.05) is 11.3 Å². The van der Waals surface area contributed by atoms with Crippen LogP contribution in [0.15, 0.2) is 52.4 Å². The van der Waals surface area contributed by atoms with Crippen molar-refractivity contribution >= 4 is 40.8 Å². The maximum Gasteiger partial charge on any atom is 0.277 e. The van der Waals surface area contributed by atoms with E-state index in [0.717, 1.165) is 29.5 Å². The molecule has 1 heterocycles. The standard InChI is InChI=1S/C20H17F2N5O3S/c1-10-3-2-4-12(7-10)24-15(28)9-31-20-26-17(23)16(19(30)27-20)25-18(29)11-5-6-13(21)14(22)8-11/h2-8H,9H2,1H3,(H,24,28)(H,25,29)(H3,23,26,27,30). The van der Waals surface area contributed by atoms with E-state index in [1.807, 2.05) is 25.1 Å². The number of aromatic amines is 1. The highest BCUT2D eigenvalue weighted by molar-refractivity contribution is 7.99. The van der Waals surface area contributed by atoms with Crippen molar-refractivity contribution in [3.05, 3.63) is 75.6 Å². The summed E-state index contributed by atoms with van der Waals surface area (Å²) in [6.45, 7) is 1.90. The number of carbonyl (C=O) groups is 2. The Kier molecular flexibility index (Phi) is 6.65. The van der Waals surface area contributed by atoms with E-state index in [1.54, 1.807) is 6.07 Å². The number of aryl methyl sites for hydroxylation is 1. The minimum Gasteiger partial charge on any atom is -0.382 e. The molecule has 0 spiro atoms. The van der Waals surface area contributed by atoms with Crippen LogP contribution in [0.3, 0.4) is 0 Å². The minimum atomic E-state index is -1.21. The van der Waals surface area contributed by atoms with Crippen LogP contribution in [0.4, 0.5) is 26.0 Å². The van der Waals surface area contributed by atoms with Gasteiger partial charge in [0.25, 0.3) is 11.5 Å². The third-order valence-electron chi connectivity index (χ3n) is 3.99. The second-order valence-corrected chi connectivity index (χ2v) is 7.38. The van der Waals surface area contributed by atoms with Gasteiger partial charge < -0.3 is 16.4 Å². The molecule has 1 aromatic heterocycles. The number of amides is 2. The summed E-state index contributed by atoms with van der Waals surface area (Å²) in [5, 5.41) is 5.02. The van der Waals surface area contributed by atoms with Gasteiger partial charge in [-0.3, -0.25) is 19.4 Å². The minimum absolute atomic E-state index is 0.0448. The molecule has 0 aliphatic rings. The molecule has 2 aromatic carbocycles. The van der Waals surface area contributed by atoms with Crippen molar-refractivity contribution in [1.82, 2.24) is 9.97 Å². The molecule has 0 aliphatic heterocycles. The fraction of sp³-hybridized carbons (Fsp3) is 0.100. The number of rotatable bonds is 6. The van der Waals surface area contributed by atoms with Gasteiger partial charge in [-0.1, -0.05) is 23.9 Å². The highest BCUT2D eigenvalue weighted by atomic mass is 32.2. The predicted molar refractivity (Wildman–Crippen MR) is 114 cm³/mol. The number of nitrogens with one attached hydrogen (secondary N) is 3. The van der Waals surface area contributed by atoms with Crippen molar-refractivity contribution in [2.75, 3.05) is 22.1 Å². The molecule has 0 bridgehead atoms. The van der Waals surface area contributed by atoms with Crippen LogP contribution in [-0.2, 0) is 4.79 Å². The van der Waals surface area contributed by atoms with E-state index in [0.29, 0.717) is 11.8 Å². The van der Waals surface area contributed by atoms with Crippen LogP contribution in [0.2, 0.25) is 0 Å². The van der Waals surface area contributed by atoms with Crippen molar-refractivity contribution in [2.45, 2.75) is 12.1 Å². The molecule has 0 saturated carbocycles. The quantitative estimate of drug-likeness (QED) is 0.341. The van der Waals surface area contributed by atoms with Gasteiger partial charge in [-0.2, -0.15) is 0 Å². The van der Waals surface area contributed by atoms with E-state index >= 15 is 0 Å². The monoisotopic (exact) mass is 445 g/mol.